The van der Waals surface area contributed by atoms with Crippen molar-refractivity contribution >= 4 is 23.6 Å². The number of hydrogen-bond donors (Lipinski definition) is 2. The highest BCUT2D eigenvalue weighted by Crippen LogP contribution is 2.16. The fourth-order valence-electron chi connectivity index (χ4n) is 2.29. The topological polar surface area (TPSA) is 99.2 Å². The first-order valence-electron chi connectivity index (χ1n) is 8.20. The number of carbonyl (C=O) groups is 2. The van der Waals surface area contributed by atoms with E-state index >= 15 is 0 Å². The molecule has 1 aromatic heterocycles. The molecule has 0 aliphatic carbocycles. The Bertz CT molecular complexity index is 947. The van der Waals surface area contributed by atoms with Crippen molar-refractivity contribution in [3.63, 3.8) is 0 Å². The summed E-state index contributed by atoms with van der Waals surface area (Å²) >= 11 is 0. The van der Waals surface area contributed by atoms with Gasteiger partial charge in [0.2, 0.25) is 5.91 Å². The van der Waals surface area contributed by atoms with Crippen molar-refractivity contribution in [1.29, 1.82) is 0 Å². The summed E-state index contributed by atoms with van der Waals surface area (Å²) < 4.78 is 6.90. The first kappa shape index (κ1) is 17.9. The highest BCUT2D eigenvalue weighted by atomic mass is 16.5. The molecule has 3 rings (SSSR count). The Kier molecular flexibility index (Phi) is 5.64. The van der Waals surface area contributed by atoms with E-state index in [1.54, 1.807) is 41.2 Å². The van der Waals surface area contributed by atoms with Gasteiger partial charge >= 0.3 is 0 Å². The van der Waals surface area contributed by atoms with Gasteiger partial charge < -0.3 is 15.8 Å². The minimum atomic E-state index is -0.548. The van der Waals surface area contributed by atoms with Crippen LogP contribution in [0.25, 0.3) is 11.8 Å². The summed E-state index contributed by atoms with van der Waals surface area (Å²) in [6.07, 6.45) is 6.64. The summed E-state index contributed by atoms with van der Waals surface area (Å²) in [6.45, 7) is -0.189. The van der Waals surface area contributed by atoms with Gasteiger partial charge in [0.1, 0.15) is 5.75 Å². The Morgan fingerprint density at radius 3 is 2.56 bits per heavy atom. The lowest BCUT2D eigenvalue weighted by Gasteiger charge is -2.05. The van der Waals surface area contributed by atoms with Crippen LogP contribution < -0.4 is 15.8 Å². The van der Waals surface area contributed by atoms with Gasteiger partial charge in [0.05, 0.1) is 11.9 Å². The van der Waals surface area contributed by atoms with Crippen LogP contribution in [0.15, 0.2) is 73.1 Å². The molecule has 0 saturated carbocycles. The summed E-state index contributed by atoms with van der Waals surface area (Å²) in [5.41, 5.74) is 7.38. The number of amides is 2. The van der Waals surface area contributed by atoms with E-state index in [0.717, 1.165) is 11.3 Å². The molecule has 0 atom stereocenters. The molecular weight excluding hydrogens is 344 g/mol. The zero-order valence-corrected chi connectivity index (χ0v) is 14.4. The van der Waals surface area contributed by atoms with Gasteiger partial charge in [0.15, 0.2) is 6.61 Å². The number of anilines is 1. The van der Waals surface area contributed by atoms with Crippen molar-refractivity contribution in [2.24, 2.45) is 5.73 Å². The molecule has 27 heavy (non-hydrogen) atoms. The van der Waals surface area contributed by atoms with Gasteiger partial charge in [-0.1, -0.05) is 18.2 Å². The maximum absolute atomic E-state index is 12.0. The quantitative estimate of drug-likeness (QED) is 0.630. The van der Waals surface area contributed by atoms with Crippen molar-refractivity contribution in [2.45, 2.75) is 0 Å². The molecule has 0 radical (unpaired) electrons. The normalized spacial score (nSPS) is 10.7. The molecule has 0 fully saturated rings. The van der Waals surface area contributed by atoms with Gasteiger partial charge in [0, 0.05) is 23.5 Å². The maximum Gasteiger partial charge on any atom is 0.255 e. The molecule has 136 valence electrons. The Hall–Kier alpha value is -3.87. The third-order valence-electron chi connectivity index (χ3n) is 3.55. The van der Waals surface area contributed by atoms with Crippen LogP contribution in [0.1, 0.15) is 5.56 Å². The van der Waals surface area contributed by atoms with Crippen molar-refractivity contribution in [3.8, 4) is 11.4 Å². The first-order chi connectivity index (χ1) is 13.1. The number of rotatable bonds is 7. The molecule has 2 amide bonds. The lowest BCUT2D eigenvalue weighted by atomic mass is 10.3. The third kappa shape index (κ3) is 5.30. The summed E-state index contributed by atoms with van der Waals surface area (Å²) in [5.74, 6) is -0.322. The lowest BCUT2D eigenvalue weighted by Crippen LogP contribution is -2.20. The van der Waals surface area contributed by atoms with Gasteiger partial charge in [-0.25, -0.2) is 4.68 Å². The van der Waals surface area contributed by atoms with Crippen molar-refractivity contribution < 1.29 is 14.3 Å². The number of nitrogens with zero attached hydrogens (tertiary/aromatic N) is 2. The molecule has 0 aliphatic rings. The van der Waals surface area contributed by atoms with E-state index in [1.165, 1.54) is 6.08 Å². The van der Waals surface area contributed by atoms with Gasteiger partial charge in [-0.05, 0) is 42.5 Å². The average Bonchev–Trinajstić information content (AvgIpc) is 3.16. The van der Waals surface area contributed by atoms with E-state index in [-0.39, 0.29) is 12.5 Å². The van der Waals surface area contributed by atoms with E-state index in [9.17, 15) is 9.59 Å². The van der Waals surface area contributed by atoms with Crippen LogP contribution in [0, 0.1) is 0 Å². The molecule has 3 N–H and O–H groups in total. The van der Waals surface area contributed by atoms with Crippen LogP contribution in [0.3, 0.4) is 0 Å². The Labute approximate surface area is 156 Å². The number of nitrogens with one attached hydrogen (secondary N) is 1. The second kappa shape index (κ2) is 8.48. The average molecular weight is 362 g/mol. The van der Waals surface area contributed by atoms with E-state index in [2.05, 4.69) is 10.4 Å². The third-order valence-corrected chi connectivity index (χ3v) is 3.55. The molecule has 7 nitrogen and oxygen atoms in total. The molecule has 0 aliphatic heterocycles. The van der Waals surface area contributed by atoms with Gasteiger partial charge in [-0.15, -0.1) is 0 Å². The van der Waals surface area contributed by atoms with Crippen molar-refractivity contribution in [2.75, 3.05) is 11.9 Å². The first-order valence-corrected chi connectivity index (χ1v) is 8.20. The number of benzene rings is 2. The molecule has 3 aromatic rings. The lowest BCUT2D eigenvalue weighted by molar-refractivity contribution is -0.120. The minimum Gasteiger partial charge on any atom is -0.484 e. The molecule has 0 unspecified atom stereocenters. The second-order valence-electron chi connectivity index (χ2n) is 5.66. The number of carbonyl (C=O) groups excluding carboxylic acids is 2. The van der Waals surface area contributed by atoms with Gasteiger partial charge in [-0.3, -0.25) is 9.59 Å². The van der Waals surface area contributed by atoms with Crippen LogP contribution >= 0.6 is 0 Å². The van der Waals surface area contributed by atoms with E-state index in [0.29, 0.717) is 11.4 Å². The van der Waals surface area contributed by atoms with E-state index in [4.69, 9.17) is 10.5 Å². The molecule has 1 heterocycles. The second-order valence-corrected chi connectivity index (χ2v) is 5.66. The summed E-state index contributed by atoms with van der Waals surface area (Å²) in [5, 5.41) is 7.02. The molecule has 0 spiro atoms. The smallest absolute Gasteiger partial charge is 0.255 e. The molecular formula is C20H18N4O3. The Balaban J connectivity index is 1.56. The number of para-hydroxylation sites is 1. The highest BCUT2D eigenvalue weighted by Gasteiger charge is 2.02. The Morgan fingerprint density at radius 1 is 1.11 bits per heavy atom. The van der Waals surface area contributed by atoms with Gasteiger partial charge in [-0.2, -0.15) is 5.10 Å². The van der Waals surface area contributed by atoms with E-state index < -0.39 is 5.91 Å². The van der Waals surface area contributed by atoms with Crippen LogP contribution in [-0.2, 0) is 9.59 Å². The molecule has 7 heteroatoms. The summed E-state index contributed by atoms with van der Waals surface area (Å²) in [6, 6.07) is 16.3. The van der Waals surface area contributed by atoms with E-state index in [1.807, 2.05) is 36.5 Å². The maximum atomic E-state index is 12.0. The van der Waals surface area contributed by atoms with Crippen LogP contribution in [0.2, 0.25) is 0 Å². The molecule has 0 bridgehead atoms. The number of aromatic nitrogens is 2. The SMILES string of the molecule is NC(=O)COc1ccc(NC(=O)/C=C/c2cnn(-c3ccccc3)c2)cc1. The highest BCUT2D eigenvalue weighted by molar-refractivity contribution is 6.01. The monoisotopic (exact) mass is 362 g/mol. The van der Waals surface area contributed by atoms with Crippen LogP contribution in [-0.4, -0.2) is 28.2 Å². The minimum absolute atomic E-state index is 0.189. The fraction of sp³-hybridized carbons (Fsp3) is 0.0500. The number of nitrogens with two attached hydrogens (primary N) is 1. The Morgan fingerprint density at radius 2 is 1.85 bits per heavy atom. The van der Waals surface area contributed by atoms with Gasteiger partial charge in [0.25, 0.3) is 5.91 Å². The van der Waals surface area contributed by atoms with Crippen molar-refractivity contribution in [3.05, 3.63) is 78.6 Å². The number of ether oxygens (including phenoxy) is 1. The van der Waals surface area contributed by atoms with Crippen LogP contribution in [0.4, 0.5) is 5.69 Å². The molecule has 2 aromatic carbocycles. The molecule has 0 saturated heterocycles. The summed E-state index contributed by atoms with van der Waals surface area (Å²) in [4.78, 5) is 22.7. The standard InChI is InChI=1S/C20H18N4O3/c21-19(25)14-27-18-9-7-16(8-10-18)23-20(26)11-6-15-12-22-24(13-15)17-4-2-1-3-5-17/h1-13H,14H2,(H2,21,25)(H,23,26)/b11-6+. The number of primary amides is 1. The van der Waals surface area contributed by atoms with Crippen LogP contribution in [0.5, 0.6) is 5.75 Å². The zero-order valence-electron chi connectivity index (χ0n) is 14.4. The van der Waals surface area contributed by atoms with Crippen molar-refractivity contribution in [1.82, 2.24) is 9.78 Å². The summed E-state index contributed by atoms with van der Waals surface area (Å²) in [7, 11) is 0. The zero-order chi connectivity index (χ0) is 19.1. The predicted octanol–water partition coefficient (Wildman–Crippen LogP) is 2.39. The number of hydrogen-bond acceptors (Lipinski definition) is 4. The fourth-order valence-corrected chi connectivity index (χ4v) is 2.29. The predicted molar refractivity (Wildman–Crippen MR) is 102 cm³/mol. The largest absolute Gasteiger partial charge is 0.484 e.